The zero-order chi connectivity index (χ0) is 15.2. The number of fused-ring (bicyclic) bond motifs is 1. The van der Waals surface area contributed by atoms with E-state index in [0.717, 1.165) is 11.9 Å². The molecule has 2 aromatic heterocycles. The number of hydrogen-bond donors (Lipinski definition) is 1. The Kier molecular flexibility index (Phi) is 4.97. The van der Waals surface area contributed by atoms with Crippen molar-refractivity contribution in [3.05, 3.63) is 18.3 Å². The summed E-state index contributed by atoms with van der Waals surface area (Å²) in [5, 5.41) is 0. The van der Waals surface area contributed by atoms with Crippen molar-refractivity contribution in [3.8, 4) is 0 Å². The first kappa shape index (κ1) is 15.1. The molecule has 1 unspecified atom stereocenters. The number of aryl methyl sites for hydroxylation is 1. The molecule has 112 valence electrons. The number of aromatic nitrogens is 4. The van der Waals surface area contributed by atoms with E-state index in [-0.39, 0.29) is 18.3 Å². The molecule has 0 bridgehead atoms. The molecule has 0 aliphatic rings. The number of carbonyl (C=O) groups excluding carboxylic acids is 2. The van der Waals surface area contributed by atoms with Crippen LogP contribution in [0.5, 0.6) is 0 Å². The maximum atomic E-state index is 11.7. The summed E-state index contributed by atoms with van der Waals surface area (Å²) in [7, 11) is 0. The molecule has 7 heteroatoms. The summed E-state index contributed by atoms with van der Waals surface area (Å²) in [6.07, 6.45) is 5.48. The number of esters is 1. The van der Waals surface area contributed by atoms with E-state index in [1.807, 2.05) is 6.92 Å². The molecule has 0 aliphatic carbocycles. The highest BCUT2D eigenvalue weighted by Gasteiger charge is 2.14. The van der Waals surface area contributed by atoms with E-state index < -0.39 is 5.97 Å². The number of H-pyrrole nitrogens is 1. The molecule has 2 heterocycles. The topological polar surface area (TPSA) is 97.8 Å². The standard InChI is InChI=1S/C14H18N4O3/c1-9(12(20)7-21-10(2)19)4-3-5-13-15-6-11-14(18-13)17-8-16-11/h6,8-9H,3-5,7H2,1-2H3,(H,15,16,17,18). The van der Waals surface area contributed by atoms with Crippen LogP contribution in [0.1, 0.15) is 32.5 Å². The summed E-state index contributed by atoms with van der Waals surface area (Å²) < 4.78 is 4.70. The van der Waals surface area contributed by atoms with Crippen LogP contribution in [-0.4, -0.2) is 38.3 Å². The Bertz CT molecular complexity index is 638. The highest BCUT2D eigenvalue weighted by atomic mass is 16.5. The van der Waals surface area contributed by atoms with Gasteiger partial charge in [0.25, 0.3) is 0 Å². The molecule has 0 spiro atoms. The van der Waals surface area contributed by atoms with E-state index in [0.29, 0.717) is 24.3 Å². The predicted molar refractivity (Wildman–Crippen MR) is 75.4 cm³/mol. The second-order valence-electron chi connectivity index (χ2n) is 4.97. The Hall–Kier alpha value is -2.31. The van der Waals surface area contributed by atoms with Crippen LogP contribution in [0, 0.1) is 5.92 Å². The second kappa shape index (κ2) is 6.92. The minimum absolute atomic E-state index is 0.0612. The van der Waals surface area contributed by atoms with Crippen LogP contribution in [0.2, 0.25) is 0 Å². The summed E-state index contributed by atoms with van der Waals surface area (Å²) in [6, 6.07) is 0. The van der Waals surface area contributed by atoms with Crippen LogP contribution in [-0.2, 0) is 20.7 Å². The molecule has 0 aromatic carbocycles. The van der Waals surface area contributed by atoms with Gasteiger partial charge in [0, 0.05) is 19.3 Å². The summed E-state index contributed by atoms with van der Waals surface area (Å²) in [4.78, 5) is 38.0. The fraction of sp³-hybridized carbons (Fsp3) is 0.500. The van der Waals surface area contributed by atoms with Gasteiger partial charge in [-0.1, -0.05) is 6.92 Å². The van der Waals surface area contributed by atoms with Gasteiger partial charge in [-0.2, -0.15) is 0 Å². The molecular formula is C14H18N4O3. The number of hydrogen-bond acceptors (Lipinski definition) is 6. The van der Waals surface area contributed by atoms with Crippen LogP contribution in [0.15, 0.2) is 12.5 Å². The van der Waals surface area contributed by atoms with Crippen molar-refractivity contribution < 1.29 is 14.3 Å². The van der Waals surface area contributed by atoms with E-state index in [9.17, 15) is 9.59 Å². The van der Waals surface area contributed by atoms with Crippen LogP contribution < -0.4 is 0 Å². The van der Waals surface area contributed by atoms with Gasteiger partial charge >= 0.3 is 5.97 Å². The largest absolute Gasteiger partial charge is 0.458 e. The summed E-state index contributed by atoms with van der Waals surface area (Å²) >= 11 is 0. The minimum atomic E-state index is -0.434. The summed E-state index contributed by atoms with van der Waals surface area (Å²) in [6.45, 7) is 2.98. The fourth-order valence-corrected chi connectivity index (χ4v) is 1.93. The molecule has 1 atom stereocenters. The van der Waals surface area contributed by atoms with E-state index >= 15 is 0 Å². The smallest absolute Gasteiger partial charge is 0.303 e. The van der Waals surface area contributed by atoms with E-state index in [4.69, 9.17) is 4.74 Å². The molecular weight excluding hydrogens is 272 g/mol. The van der Waals surface area contributed by atoms with Crippen LogP contribution in [0.4, 0.5) is 0 Å². The SMILES string of the molecule is CC(=O)OCC(=O)C(C)CCCc1ncc2[nH]cnc2n1. The number of aromatic amines is 1. The van der Waals surface area contributed by atoms with Gasteiger partial charge in [0.1, 0.15) is 17.9 Å². The molecule has 0 amide bonds. The van der Waals surface area contributed by atoms with Gasteiger partial charge < -0.3 is 9.72 Å². The van der Waals surface area contributed by atoms with Gasteiger partial charge in [-0.25, -0.2) is 15.0 Å². The van der Waals surface area contributed by atoms with Gasteiger partial charge in [-0.15, -0.1) is 0 Å². The van der Waals surface area contributed by atoms with Gasteiger partial charge in [0.05, 0.1) is 12.5 Å². The van der Waals surface area contributed by atoms with E-state index in [1.54, 1.807) is 12.5 Å². The van der Waals surface area contributed by atoms with Crippen molar-refractivity contribution in [2.75, 3.05) is 6.61 Å². The first-order valence-corrected chi connectivity index (χ1v) is 6.87. The van der Waals surface area contributed by atoms with Crippen molar-refractivity contribution in [2.45, 2.75) is 33.1 Å². The van der Waals surface area contributed by atoms with E-state index in [1.165, 1.54) is 6.92 Å². The molecule has 2 aromatic rings. The fourth-order valence-electron chi connectivity index (χ4n) is 1.93. The first-order valence-electron chi connectivity index (χ1n) is 6.87. The Morgan fingerprint density at radius 1 is 1.38 bits per heavy atom. The number of Topliss-reactive ketones (excluding diaryl/α,β-unsaturated/α-hetero) is 1. The monoisotopic (exact) mass is 290 g/mol. The predicted octanol–water partition coefficient (Wildman–Crippen LogP) is 1.44. The highest BCUT2D eigenvalue weighted by molar-refractivity contribution is 5.83. The Labute approximate surface area is 122 Å². The molecule has 7 nitrogen and oxygen atoms in total. The van der Waals surface area contributed by atoms with Crippen molar-refractivity contribution in [1.82, 2.24) is 19.9 Å². The third-order valence-electron chi connectivity index (χ3n) is 3.23. The Morgan fingerprint density at radius 2 is 2.19 bits per heavy atom. The molecule has 0 aliphatic heterocycles. The average Bonchev–Trinajstić information content (AvgIpc) is 2.92. The Balaban J connectivity index is 1.77. The third-order valence-corrected chi connectivity index (χ3v) is 3.23. The van der Waals surface area contributed by atoms with Gasteiger partial charge in [-0.05, 0) is 12.8 Å². The van der Waals surface area contributed by atoms with Crippen LogP contribution in [0.25, 0.3) is 11.2 Å². The second-order valence-corrected chi connectivity index (χ2v) is 4.97. The zero-order valence-electron chi connectivity index (χ0n) is 12.1. The van der Waals surface area contributed by atoms with Crippen LogP contribution >= 0.6 is 0 Å². The number of carbonyl (C=O) groups is 2. The number of nitrogens with zero attached hydrogens (tertiary/aromatic N) is 3. The zero-order valence-corrected chi connectivity index (χ0v) is 12.1. The summed E-state index contributed by atoms with van der Waals surface area (Å²) in [5.41, 5.74) is 1.46. The number of nitrogens with one attached hydrogen (secondary N) is 1. The molecule has 0 radical (unpaired) electrons. The van der Waals surface area contributed by atoms with Gasteiger partial charge in [0.15, 0.2) is 11.4 Å². The molecule has 2 rings (SSSR count). The number of ketones is 1. The molecule has 21 heavy (non-hydrogen) atoms. The first-order chi connectivity index (χ1) is 10.1. The summed E-state index contributed by atoms with van der Waals surface area (Å²) in [5.74, 6) is 0.0813. The molecule has 0 fully saturated rings. The van der Waals surface area contributed by atoms with Crippen molar-refractivity contribution >= 4 is 22.9 Å². The lowest BCUT2D eigenvalue weighted by Crippen LogP contribution is -2.19. The normalized spacial score (nSPS) is 12.3. The number of rotatable bonds is 7. The van der Waals surface area contributed by atoms with Crippen LogP contribution in [0.3, 0.4) is 0 Å². The quantitative estimate of drug-likeness (QED) is 0.775. The average molecular weight is 290 g/mol. The third kappa shape index (κ3) is 4.34. The highest BCUT2D eigenvalue weighted by Crippen LogP contribution is 2.11. The maximum Gasteiger partial charge on any atom is 0.303 e. The van der Waals surface area contributed by atoms with Crippen molar-refractivity contribution in [2.24, 2.45) is 5.92 Å². The van der Waals surface area contributed by atoms with Crippen molar-refractivity contribution in [1.29, 1.82) is 0 Å². The molecule has 1 N–H and O–H groups in total. The number of ether oxygens (including phenoxy) is 1. The molecule has 0 saturated carbocycles. The van der Waals surface area contributed by atoms with E-state index in [2.05, 4.69) is 19.9 Å². The molecule has 0 saturated heterocycles. The number of imidazole rings is 1. The van der Waals surface area contributed by atoms with Crippen molar-refractivity contribution in [3.63, 3.8) is 0 Å². The Morgan fingerprint density at radius 3 is 2.95 bits per heavy atom. The lowest BCUT2D eigenvalue weighted by molar-refractivity contribution is -0.146. The minimum Gasteiger partial charge on any atom is -0.458 e. The van der Waals surface area contributed by atoms with Gasteiger partial charge in [-0.3, -0.25) is 9.59 Å². The lowest BCUT2D eigenvalue weighted by atomic mass is 10.00. The maximum absolute atomic E-state index is 11.7. The van der Waals surface area contributed by atoms with Gasteiger partial charge in [0.2, 0.25) is 0 Å². The lowest BCUT2D eigenvalue weighted by Gasteiger charge is -2.09.